The first-order valence-corrected chi connectivity index (χ1v) is 13.6. The Morgan fingerprint density at radius 1 is 0.976 bits per heavy atom. The number of benzene rings is 4. The highest BCUT2D eigenvalue weighted by Crippen LogP contribution is 2.36. The number of sulfonamides is 1. The third-order valence-corrected chi connectivity index (χ3v) is 7.51. The quantitative estimate of drug-likeness (QED) is 0.122. The van der Waals surface area contributed by atoms with E-state index in [1.807, 2.05) is 18.2 Å². The minimum Gasteiger partial charge on any atom is -0.507 e. The number of furan rings is 1. The molecule has 0 aliphatic rings. The Kier molecular flexibility index (Phi) is 7.37. The summed E-state index contributed by atoms with van der Waals surface area (Å²) < 4.78 is 44.1. The summed E-state index contributed by atoms with van der Waals surface area (Å²) in [5, 5.41) is 25.2. The number of carbonyl (C=O) groups is 2. The van der Waals surface area contributed by atoms with Crippen molar-refractivity contribution in [3.63, 3.8) is 0 Å². The second-order valence-electron chi connectivity index (χ2n) is 8.86. The van der Waals surface area contributed by atoms with Crippen molar-refractivity contribution in [3.8, 4) is 11.5 Å². The van der Waals surface area contributed by atoms with Crippen LogP contribution in [-0.2, 0) is 19.6 Å². The van der Waals surface area contributed by atoms with Crippen LogP contribution < -0.4 is 14.8 Å². The Bertz CT molecular complexity index is 1970. The smallest absolute Gasteiger partial charge is 0.342 e. The summed E-state index contributed by atoms with van der Waals surface area (Å²) in [4.78, 5) is 35.1. The first-order chi connectivity index (χ1) is 20.1. The van der Waals surface area contributed by atoms with Crippen LogP contribution in [0.1, 0.15) is 10.4 Å². The zero-order chi connectivity index (χ0) is 30.0. The van der Waals surface area contributed by atoms with Crippen molar-refractivity contribution in [1.29, 1.82) is 0 Å². The number of nitrogens with one attached hydrogen (secondary N) is 2. The Labute approximate surface area is 237 Å². The fraction of sp³-hybridized carbons (Fsp3) is 0.0714. The van der Waals surface area contributed by atoms with E-state index in [4.69, 9.17) is 13.9 Å². The van der Waals surface area contributed by atoms with Gasteiger partial charge in [0, 0.05) is 34.7 Å². The highest BCUT2D eigenvalue weighted by atomic mass is 32.2. The van der Waals surface area contributed by atoms with Crippen molar-refractivity contribution in [2.24, 2.45) is 0 Å². The molecule has 0 aliphatic carbocycles. The number of anilines is 2. The number of nitro groups is 1. The lowest BCUT2D eigenvalue weighted by molar-refractivity contribution is -0.384. The van der Waals surface area contributed by atoms with Gasteiger partial charge in [0.1, 0.15) is 28.2 Å². The lowest BCUT2D eigenvalue weighted by Crippen LogP contribution is -2.21. The number of fused-ring (bicyclic) bond motifs is 3. The molecule has 42 heavy (non-hydrogen) atoms. The fourth-order valence-electron chi connectivity index (χ4n) is 4.12. The van der Waals surface area contributed by atoms with Gasteiger partial charge in [-0.15, -0.1) is 0 Å². The molecule has 14 heteroatoms. The van der Waals surface area contributed by atoms with Crippen LogP contribution in [0.25, 0.3) is 21.9 Å². The van der Waals surface area contributed by atoms with Crippen LogP contribution in [-0.4, -0.2) is 44.0 Å². The molecule has 1 heterocycles. The number of methoxy groups -OCH3 is 1. The number of nitrogens with zero attached hydrogens (tertiary/aromatic N) is 1. The van der Waals surface area contributed by atoms with Crippen LogP contribution in [0.2, 0.25) is 0 Å². The van der Waals surface area contributed by atoms with E-state index in [0.717, 1.165) is 41.1 Å². The number of ether oxygens (including phenoxy) is 2. The van der Waals surface area contributed by atoms with E-state index >= 15 is 0 Å². The Hall–Kier alpha value is -5.63. The molecule has 4 aromatic carbocycles. The van der Waals surface area contributed by atoms with Gasteiger partial charge in [0.25, 0.3) is 21.6 Å². The van der Waals surface area contributed by atoms with Crippen LogP contribution in [0, 0.1) is 10.1 Å². The van der Waals surface area contributed by atoms with Crippen molar-refractivity contribution in [2.75, 3.05) is 23.8 Å². The number of hydrogen-bond acceptors (Lipinski definition) is 10. The molecule has 0 atom stereocenters. The fourth-order valence-corrected chi connectivity index (χ4v) is 5.21. The standard InChI is InChI=1S/C28H21N3O10S/c1-39-26-13-20-19-4-2-3-5-24(19)41-25(20)14-22(26)29-27(33)15-40-28(34)21-12-18(10-11-23(21)32)42(37,38)30-16-6-8-17(9-7-16)31(35)36/h2-14,30,32H,15H2,1H3,(H,29,33). The van der Waals surface area contributed by atoms with Crippen molar-refractivity contribution in [1.82, 2.24) is 0 Å². The molecule has 0 spiro atoms. The molecule has 5 aromatic rings. The maximum Gasteiger partial charge on any atom is 0.342 e. The van der Waals surface area contributed by atoms with Gasteiger partial charge < -0.3 is 24.3 Å². The van der Waals surface area contributed by atoms with Crippen LogP contribution in [0.5, 0.6) is 11.5 Å². The average molecular weight is 592 g/mol. The third kappa shape index (κ3) is 5.64. The molecular weight excluding hydrogens is 570 g/mol. The number of rotatable bonds is 9. The Morgan fingerprint density at radius 2 is 1.71 bits per heavy atom. The molecule has 0 saturated carbocycles. The number of hydrogen-bond donors (Lipinski definition) is 3. The number of aromatic hydroxyl groups is 1. The predicted molar refractivity (Wildman–Crippen MR) is 151 cm³/mol. The van der Waals surface area contributed by atoms with Crippen molar-refractivity contribution in [2.45, 2.75) is 4.90 Å². The zero-order valence-electron chi connectivity index (χ0n) is 21.7. The Balaban J connectivity index is 1.28. The molecule has 5 rings (SSSR count). The Morgan fingerprint density at radius 3 is 2.43 bits per heavy atom. The summed E-state index contributed by atoms with van der Waals surface area (Å²) in [5.74, 6) is -2.13. The van der Waals surface area contributed by atoms with Crippen LogP contribution in [0.3, 0.4) is 0 Å². The molecule has 0 fully saturated rings. The summed E-state index contributed by atoms with van der Waals surface area (Å²) in [6.07, 6.45) is 0. The number of non-ortho nitro benzene ring substituents is 1. The summed E-state index contributed by atoms with van der Waals surface area (Å²) >= 11 is 0. The van der Waals surface area contributed by atoms with Gasteiger partial charge in [-0.1, -0.05) is 18.2 Å². The number of esters is 1. The maximum absolute atomic E-state index is 12.8. The van der Waals surface area contributed by atoms with Crippen molar-refractivity contribution < 1.29 is 41.9 Å². The molecular formula is C28H21N3O10S. The maximum atomic E-state index is 12.8. The lowest BCUT2D eigenvalue weighted by atomic mass is 10.1. The van der Waals surface area contributed by atoms with Gasteiger partial charge in [0.15, 0.2) is 6.61 Å². The number of phenolic OH excluding ortho intramolecular Hbond substituents is 1. The van der Waals surface area contributed by atoms with Gasteiger partial charge in [-0.2, -0.15) is 0 Å². The van der Waals surface area contributed by atoms with E-state index in [2.05, 4.69) is 10.0 Å². The highest BCUT2D eigenvalue weighted by molar-refractivity contribution is 7.92. The summed E-state index contributed by atoms with van der Waals surface area (Å²) in [7, 11) is -2.84. The topological polar surface area (TPSA) is 187 Å². The van der Waals surface area contributed by atoms with Gasteiger partial charge in [-0.25, -0.2) is 13.2 Å². The van der Waals surface area contributed by atoms with E-state index in [1.165, 1.54) is 19.2 Å². The van der Waals surface area contributed by atoms with Gasteiger partial charge >= 0.3 is 5.97 Å². The largest absolute Gasteiger partial charge is 0.507 e. The van der Waals surface area contributed by atoms with E-state index < -0.39 is 49.6 Å². The van der Waals surface area contributed by atoms with Gasteiger partial charge in [-0.3, -0.25) is 19.6 Å². The van der Waals surface area contributed by atoms with E-state index in [0.29, 0.717) is 16.9 Å². The number of phenols is 1. The zero-order valence-corrected chi connectivity index (χ0v) is 22.5. The van der Waals surface area contributed by atoms with E-state index in [1.54, 1.807) is 18.2 Å². The summed E-state index contributed by atoms with van der Waals surface area (Å²) in [5.41, 5.74) is 0.707. The SMILES string of the molecule is COc1cc2c(cc1NC(=O)COC(=O)c1cc(S(=O)(=O)Nc3ccc([N+](=O)[O-])cc3)ccc1O)oc1ccccc12. The van der Waals surface area contributed by atoms with E-state index in [9.17, 15) is 33.2 Å². The van der Waals surface area contributed by atoms with Crippen molar-refractivity contribution in [3.05, 3.63) is 94.5 Å². The minimum atomic E-state index is -4.27. The number of amides is 1. The predicted octanol–water partition coefficient (Wildman–Crippen LogP) is 4.80. The normalized spacial score (nSPS) is 11.3. The van der Waals surface area contributed by atoms with Gasteiger partial charge in [0.05, 0.1) is 22.6 Å². The molecule has 1 aromatic heterocycles. The number of para-hydroxylation sites is 1. The second kappa shape index (κ2) is 11.1. The molecule has 214 valence electrons. The summed E-state index contributed by atoms with van der Waals surface area (Å²) in [6, 6.07) is 18.2. The molecule has 1 amide bonds. The monoisotopic (exact) mass is 591 g/mol. The number of carbonyl (C=O) groups excluding carboxylic acids is 2. The van der Waals surface area contributed by atoms with Crippen LogP contribution in [0.4, 0.5) is 17.1 Å². The number of nitro benzene ring substituents is 1. The molecule has 0 unspecified atom stereocenters. The van der Waals surface area contributed by atoms with Crippen LogP contribution in [0.15, 0.2) is 88.2 Å². The molecule has 0 saturated heterocycles. The summed E-state index contributed by atoms with van der Waals surface area (Å²) in [6.45, 7) is -0.766. The lowest BCUT2D eigenvalue weighted by Gasteiger charge is -2.12. The molecule has 0 radical (unpaired) electrons. The first kappa shape index (κ1) is 27.9. The third-order valence-electron chi connectivity index (χ3n) is 6.14. The van der Waals surface area contributed by atoms with Crippen LogP contribution >= 0.6 is 0 Å². The molecule has 0 aliphatic heterocycles. The molecule has 3 N–H and O–H groups in total. The first-order valence-electron chi connectivity index (χ1n) is 12.1. The average Bonchev–Trinajstić information content (AvgIpc) is 3.33. The second-order valence-corrected chi connectivity index (χ2v) is 10.5. The van der Waals surface area contributed by atoms with Crippen molar-refractivity contribution >= 4 is 60.9 Å². The molecule has 13 nitrogen and oxygen atoms in total. The highest BCUT2D eigenvalue weighted by Gasteiger charge is 2.22. The van der Waals surface area contributed by atoms with Gasteiger partial charge in [0.2, 0.25) is 0 Å². The van der Waals surface area contributed by atoms with E-state index in [-0.39, 0.29) is 17.1 Å². The van der Waals surface area contributed by atoms with Gasteiger partial charge in [-0.05, 0) is 42.5 Å². The minimum absolute atomic E-state index is 0.0331. The molecule has 0 bridgehead atoms.